The number of aliphatic hydroxyl groups is 1. The van der Waals surface area contributed by atoms with Gasteiger partial charge in [-0.3, -0.25) is 4.79 Å². The third-order valence-corrected chi connectivity index (χ3v) is 6.83. The molecule has 2 aromatic carbocycles. The molecule has 0 bridgehead atoms. The molecule has 2 heterocycles. The van der Waals surface area contributed by atoms with E-state index in [0.29, 0.717) is 18.7 Å². The van der Waals surface area contributed by atoms with E-state index in [1.54, 1.807) is 0 Å². The second-order valence-corrected chi connectivity index (χ2v) is 8.39. The summed E-state index contributed by atoms with van der Waals surface area (Å²) in [5.74, 6) is 0.0552. The number of aromatic nitrogens is 1. The fourth-order valence-corrected chi connectivity index (χ4v) is 5.35. The number of hydrogen-bond donors (Lipinski definition) is 1. The number of rotatable bonds is 2. The minimum absolute atomic E-state index is 0.0113. The van der Waals surface area contributed by atoms with Gasteiger partial charge in [-0.1, -0.05) is 67.4 Å². The van der Waals surface area contributed by atoms with E-state index in [1.165, 1.54) is 0 Å². The quantitative estimate of drug-likeness (QED) is 0.704. The molecule has 1 N–H and O–H groups in total. The van der Waals surface area contributed by atoms with Crippen LogP contribution in [0.15, 0.2) is 66.7 Å². The number of para-hydroxylation sites is 1. The van der Waals surface area contributed by atoms with E-state index >= 15 is 0 Å². The maximum Gasteiger partial charge on any atom is 0.272 e. The van der Waals surface area contributed by atoms with Gasteiger partial charge in [-0.2, -0.15) is 0 Å². The molecule has 29 heavy (non-hydrogen) atoms. The molecule has 3 aromatic rings. The Kier molecular flexibility index (Phi) is 4.59. The lowest BCUT2D eigenvalue weighted by atomic mass is 9.66. The molecule has 1 amide bonds. The van der Waals surface area contributed by atoms with Crippen molar-refractivity contribution in [1.82, 2.24) is 9.88 Å². The predicted molar refractivity (Wildman–Crippen MR) is 113 cm³/mol. The Bertz CT molecular complexity index is 1040. The van der Waals surface area contributed by atoms with Gasteiger partial charge < -0.3 is 10.0 Å². The van der Waals surface area contributed by atoms with Gasteiger partial charge in [-0.05, 0) is 37.0 Å². The van der Waals surface area contributed by atoms with Gasteiger partial charge in [-0.25, -0.2) is 4.98 Å². The highest BCUT2D eigenvalue weighted by atomic mass is 16.3. The molecule has 148 valence electrons. The van der Waals surface area contributed by atoms with Crippen molar-refractivity contribution in [2.75, 3.05) is 6.54 Å². The van der Waals surface area contributed by atoms with Crippen LogP contribution in [-0.2, 0) is 5.60 Å². The molecule has 2 aliphatic rings. The van der Waals surface area contributed by atoms with E-state index < -0.39 is 5.60 Å². The zero-order valence-corrected chi connectivity index (χ0v) is 16.5. The fraction of sp³-hybridized carbons (Fsp3) is 0.360. The van der Waals surface area contributed by atoms with Crippen LogP contribution in [0.25, 0.3) is 10.9 Å². The molecule has 0 radical (unpaired) electrons. The first-order valence-electron chi connectivity index (χ1n) is 10.6. The Morgan fingerprint density at radius 3 is 2.59 bits per heavy atom. The van der Waals surface area contributed by atoms with Gasteiger partial charge in [0, 0.05) is 23.9 Å². The summed E-state index contributed by atoms with van der Waals surface area (Å²) in [5.41, 5.74) is 1.46. The van der Waals surface area contributed by atoms with Crippen LogP contribution in [0.5, 0.6) is 0 Å². The van der Waals surface area contributed by atoms with Crippen molar-refractivity contribution in [1.29, 1.82) is 0 Å². The van der Waals surface area contributed by atoms with Crippen LogP contribution in [0, 0.1) is 5.92 Å². The maximum absolute atomic E-state index is 13.4. The Morgan fingerprint density at radius 1 is 0.966 bits per heavy atom. The van der Waals surface area contributed by atoms with Crippen LogP contribution in [0.1, 0.15) is 48.2 Å². The van der Waals surface area contributed by atoms with E-state index in [9.17, 15) is 9.90 Å². The van der Waals surface area contributed by atoms with Crippen molar-refractivity contribution < 1.29 is 9.90 Å². The SMILES string of the molecule is O=C(c1ccc2ccccc2n1)N1CC[C@@](O)(c2ccccc2)[C@@H]2CCCC[C@H]21. The van der Waals surface area contributed by atoms with Crippen LogP contribution in [0.2, 0.25) is 0 Å². The molecular weight excluding hydrogens is 360 g/mol. The van der Waals surface area contributed by atoms with Crippen LogP contribution >= 0.6 is 0 Å². The number of benzene rings is 2. The fourth-order valence-electron chi connectivity index (χ4n) is 5.35. The number of nitrogens with zero attached hydrogens (tertiary/aromatic N) is 2. The molecule has 1 aliphatic carbocycles. The highest BCUT2D eigenvalue weighted by Gasteiger charge is 2.50. The molecule has 0 spiro atoms. The van der Waals surface area contributed by atoms with Gasteiger partial charge in [-0.15, -0.1) is 0 Å². The van der Waals surface area contributed by atoms with Crippen molar-refractivity contribution in [3.05, 3.63) is 78.0 Å². The van der Waals surface area contributed by atoms with E-state index in [1.807, 2.05) is 71.6 Å². The molecule has 2 fully saturated rings. The van der Waals surface area contributed by atoms with Gasteiger partial charge in [0.2, 0.25) is 0 Å². The van der Waals surface area contributed by atoms with Gasteiger partial charge in [0.1, 0.15) is 5.69 Å². The molecular formula is C25H26N2O2. The molecule has 4 nitrogen and oxygen atoms in total. The van der Waals surface area contributed by atoms with E-state index in [-0.39, 0.29) is 17.9 Å². The Labute approximate surface area is 171 Å². The van der Waals surface area contributed by atoms with Crippen molar-refractivity contribution in [2.24, 2.45) is 5.92 Å². The van der Waals surface area contributed by atoms with Gasteiger partial charge in [0.25, 0.3) is 5.91 Å². The Balaban J connectivity index is 1.47. The first-order chi connectivity index (χ1) is 14.2. The van der Waals surface area contributed by atoms with Gasteiger partial charge in [0.15, 0.2) is 0 Å². The number of carbonyl (C=O) groups is 1. The summed E-state index contributed by atoms with van der Waals surface area (Å²) in [7, 11) is 0. The number of fused-ring (bicyclic) bond motifs is 2. The minimum Gasteiger partial charge on any atom is -0.385 e. The number of likely N-dealkylation sites (tertiary alicyclic amines) is 1. The first-order valence-corrected chi connectivity index (χ1v) is 10.6. The molecule has 1 aromatic heterocycles. The Hall–Kier alpha value is -2.72. The number of hydrogen-bond acceptors (Lipinski definition) is 3. The molecule has 1 saturated carbocycles. The summed E-state index contributed by atoms with van der Waals surface area (Å²) >= 11 is 0. The lowest BCUT2D eigenvalue weighted by Crippen LogP contribution is -2.59. The monoisotopic (exact) mass is 386 g/mol. The second-order valence-electron chi connectivity index (χ2n) is 8.39. The normalized spacial score (nSPS) is 26.9. The standard InChI is InChI=1S/C25H26N2O2/c28-24(22-15-14-18-8-4-6-12-21(18)26-22)27-17-16-25(29,19-9-2-1-3-10-19)20-11-5-7-13-23(20)27/h1-4,6,8-10,12,14-15,20,23,29H,5,7,11,13,16-17H2/t20-,23-,25-/m1/s1. The van der Waals surface area contributed by atoms with E-state index in [4.69, 9.17) is 0 Å². The van der Waals surface area contributed by atoms with Crippen LogP contribution in [0.4, 0.5) is 0 Å². The van der Waals surface area contributed by atoms with Gasteiger partial charge >= 0.3 is 0 Å². The highest BCUT2D eigenvalue weighted by molar-refractivity contribution is 5.95. The van der Waals surface area contributed by atoms with Crippen molar-refractivity contribution in [2.45, 2.75) is 43.7 Å². The lowest BCUT2D eigenvalue weighted by Gasteiger charge is -2.52. The predicted octanol–water partition coefficient (Wildman–Crippen LogP) is 4.53. The molecule has 1 aliphatic heterocycles. The third kappa shape index (κ3) is 3.12. The number of piperidine rings is 1. The average Bonchev–Trinajstić information content (AvgIpc) is 2.79. The third-order valence-electron chi connectivity index (χ3n) is 6.83. The average molecular weight is 386 g/mol. The summed E-state index contributed by atoms with van der Waals surface area (Å²) in [4.78, 5) is 20.0. The number of amides is 1. The molecule has 0 unspecified atom stereocenters. The summed E-state index contributed by atoms with van der Waals surface area (Å²) in [5, 5.41) is 12.7. The molecule has 4 heteroatoms. The number of pyridine rings is 1. The summed E-state index contributed by atoms with van der Waals surface area (Å²) in [6.45, 7) is 0.555. The molecule has 5 rings (SSSR count). The zero-order chi connectivity index (χ0) is 19.8. The molecule has 3 atom stereocenters. The van der Waals surface area contributed by atoms with E-state index in [0.717, 1.165) is 42.1 Å². The summed E-state index contributed by atoms with van der Waals surface area (Å²) in [6, 6.07) is 21.7. The number of carbonyl (C=O) groups excluding carboxylic acids is 1. The van der Waals surface area contributed by atoms with Crippen molar-refractivity contribution in [3.63, 3.8) is 0 Å². The second kappa shape index (κ2) is 7.27. The van der Waals surface area contributed by atoms with Gasteiger partial charge in [0.05, 0.1) is 11.1 Å². The smallest absolute Gasteiger partial charge is 0.272 e. The zero-order valence-electron chi connectivity index (χ0n) is 16.5. The maximum atomic E-state index is 13.4. The van der Waals surface area contributed by atoms with Crippen molar-refractivity contribution >= 4 is 16.8 Å². The molecule has 1 saturated heterocycles. The summed E-state index contributed by atoms with van der Waals surface area (Å²) < 4.78 is 0. The summed E-state index contributed by atoms with van der Waals surface area (Å²) in [6.07, 6.45) is 4.66. The topological polar surface area (TPSA) is 53.4 Å². The first kappa shape index (κ1) is 18.3. The van der Waals surface area contributed by atoms with Crippen molar-refractivity contribution in [3.8, 4) is 0 Å². The van der Waals surface area contributed by atoms with Crippen LogP contribution in [0.3, 0.4) is 0 Å². The Morgan fingerprint density at radius 2 is 1.72 bits per heavy atom. The van der Waals surface area contributed by atoms with Crippen LogP contribution in [-0.4, -0.2) is 33.5 Å². The van der Waals surface area contributed by atoms with E-state index in [2.05, 4.69) is 4.98 Å². The highest BCUT2D eigenvalue weighted by Crippen LogP contribution is 2.47. The largest absolute Gasteiger partial charge is 0.385 e. The lowest BCUT2D eigenvalue weighted by molar-refractivity contribution is -0.110. The minimum atomic E-state index is -0.861. The van der Waals surface area contributed by atoms with Crippen LogP contribution < -0.4 is 0 Å².